The lowest BCUT2D eigenvalue weighted by Gasteiger charge is -2.32. The fraction of sp³-hybridized carbons (Fsp3) is 0.0145. The summed E-state index contributed by atoms with van der Waals surface area (Å²) in [7, 11) is 0. The van der Waals surface area contributed by atoms with Gasteiger partial charge < -0.3 is 9.47 Å². The van der Waals surface area contributed by atoms with Crippen LogP contribution in [0.25, 0.3) is 99.7 Å². The number of hydrogen-bond donors (Lipinski definition) is 0. The van der Waals surface area contributed by atoms with Crippen molar-refractivity contribution in [3.8, 4) is 45.1 Å². The van der Waals surface area contributed by atoms with Crippen molar-refractivity contribution in [3.63, 3.8) is 0 Å². The lowest BCUT2D eigenvalue weighted by molar-refractivity contribution is 0.794. The van der Waals surface area contributed by atoms with E-state index in [1.54, 1.807) is 0 Å². The van der Waals surface area contributed by atoms with E-state index in [-0.39, 0.29) is 0 Å². The van der Waals surface area contributed by atoms with Crippen molar-refractivity contribution in [2.45, 2.75) is 5.41 Å². The highest BCUT2D eigenvalue weighted by atomic mass is 15.2. The quantitative estimate of drug-likeness (QED) is 0.167. The van der Waals surface area contributed by atoms with Crippen LogP contribution in [-0.2, 0) is 5.41 Å². The molecule has 0 N–H and O–H groups in total. The zero-order valence-corrected chi connectivity index (χ0v) is 40.1. The third-order valence-corrected chi connectivity index (χ3v) is 15.9. The molecule has 0 atom stereocenters. The monoisotopic (exact) mass is 941 g/mol. The summed E-state index contributed by atoms with van der Waals surface area (Å²) in [5.41, 5.74) is 21.3. The largest absolute Gasteiger partial charge is 0.309 e. The van der Waals surface area contributed by atoms with E-state index in [9.17, 15) is 0 Å². The van der Waals surface area contributed by atoms with Gasteiger partial charge in [-0.05, 0) is 99.6 Å². The van der Waals surface area contributed by atoms with E-state index in [1.807, 2.05) is 0 Å². The van der Waals surface area contributed by atoms with Crippen LogP contribution in [0.3, 0.4) is 0 Å². The Morgan fingerprint density at radius 1 is 0.324 bits per heavy atom. The first-order valence-corrected chi connectivity index (χ1v) is 25.4. The summed E-state index contributed by atoms with van der Waals surface area (Å²) in [5.74, 6) is 0.625. The molecule has 74 heavy (non-hydrogen) atoms. The molecule has 0 fully saturated rings. The molecular formula is C69H43N5. The van der Waals surface area contributed by atoms with Crippen molar-refractivity contribution < 1.29 is 0 Å². The van der Waals surface area contributed by atoms with Gasteiger partial charge in [-0.25, -0.2) is 9.97 Å². The van der Waals surface area contributed by atoms with Crippen LogP contribution in [-0.4, -0.2) is 19.1 Å². The maximum Gasteiger partial charge on any atom is 0.235 e. The SMILES string of the molecule is c1ccc(-c2nc(-n3c4ccccc4c4c(N(c5cccc6c5-c5ccccc5C65c6ccccc6-c6ccccc65)c5cccc6c5c5ccccc5n6-c5ccccc5)cccc43)nc3ccccc23)cc1. The Balaban J connectivity index is 1.05. The number of anilines is 3. The Kier molecular flexibility index (Phi) is 8.60. The van der Waals surface area contributed by atoms with Crippen LogP contribution in [0.2, 0.25) is 0 Å². The zero-order chi connectivity index (χ0) is 48.5. The molecule has 0 saturated carbocycles. The van der Waals surface area contributed by atoms with Crippen LogP contribution >= 0.6 is 0 Å². The molecule has 14 aromatic rings. The van der Waals surface area contributed by atoms with E-state index < -0.39 is 5.41 Å². The molecule has 0 unspecified atom stereocenters. The summed E-state index contributed by atoms with van der Waals surface area (Å²) in [6, 6.07) is 95.2. The molecule has 0 aliphatic heterocycles. The molecule has 3 aromatic heterocycles. The van der Waals surface area contributed by atoms with Gasteiger partial charge in [0.1, 0.15) is 0 Å². The summed E-state index contributed by atoms with van der Waals surface area (Å²) in [6.07, 6.45) is 0. The fourth-order valence-corrected chi connectivity index (χ4v) is 13.1. The Morgan fingerprint density at radius 2 is 0.784 bits per heavy atom. The van der Waals surface area contributed by atoms with Gasteiger partial charge in [0.25, 0.3) is 0 Å². The molecule has 0 amide bonds. The number of aromatic nitrogens is 4. The molecule has 5 nitrogen and oxygen atoms in total. The standard InChI is InChI=1S/C69H43N5/c1-3-22-44(23-4-1)67-49-29-10-16-36-56(49)70-68(71-67)74-58-38-18-12-31-51(58)66-62(42-21-43-63(66)74)73(61-41-20-40-60-65(61)50-30-11-17-37-57(50)72(60)45-24-5-2-6-25-45)59-39-19-35-55-64(59)48-28-9-15-34-54(48)69(55)52-32-13-7-26-46(52)47-27-8-14-33-53(47)69/h1-43H. The number of fused-ring (bicyclic) bond motifs is 17. The van der Waals surface area contributed by atoms with Crippen molar-refractivity contribution in [2.75, 3.05) is 4.90 Å². The molecule has 0 bridgehead atoms. The molecule has 16 rings (SSSR count). The third-order valence-electron chi connectivity index (χ3n) is 15.9. The first kappa shape index (κ1) is 40.8. The third kappa shape index (κ3) is 5.47. The van der Waals surface area contributed by atoms with Crippen molar-refractivity contribution in [2.24, 2.45) is 0 Å². The van der Waals surface area contributed by atoms with Crippen LogP contribution in [0.5, 0.6) is 0 Å². The number of para-hydroxylation sites is 4. The van der Waals surface area contributed by atoms with Crippen molar-refractivity contribution in [3.05, 3.63) is 283 Å². The minimum absolute atomic E-state index is 0.526. The average Bonchev–Trinajstić information content (AvgIpc) is 4.19. The van der Waals surface area contributed by atoms with Crippen molar-refractivity contribution in [1.82, 2.24) is 19.1 Å². The second-order valence-electron chi connectivity index (χ2n) is 19.6. The molecule has 5 heteroatoms. The Bertz CT molecular complexity index is 4580. The summed E-state index contributed by atoms with van der Waals surface area (Å²) in [6.45, 7) is 0. The predicted molar refractivity (Wildman–Crippen MR) is 305 cm³/mol. The molecular weight excluding hydrogens is 899 g/mol. The first-order valence-electron chi connectivity index (χ1n) is 25.4. The number of benzene rings is 11. The van der Waals surface area contributed by atoms with Gasteiger partial charge >= 0.3 is 0 Å². The topological polar surface area (TPSA) is 38.9 Å². The zero-order valence-electron chi connectivity index (χ0n) is 40.1. The minimum atomic E-state index is -0.526. The van der Waals surface area contributed by atoms with Crippen molar-refractivity contribution in [1.29, 1.82) is 0 Å². The first-order chi connectivity index (χ1) is 36.8. The van der Waals surface area contributed by atoms with Gasteiger partial charge in [0.15, 0.2) is 0 Å². The highest BCUT2D eigenvalue weighted by Gasteiger charge is 2.52. The van der Waals surface area contributed by atoms with E-state index in [0.29, 0.717) is 5.95 Å². The molecule has 3 heterocycles. The van der Waals surface area contributed by atoms with Crippen LogP contribution in [0.1, 0.15) is 22.3 Å². The molecule has 2 aliphatic carbocycles. The molecule has 2 aliphatic rings. The number of nitrogens with zero attached hydrogens (tertiary/aromatic N) is 5. The smallest absolute Gasteiger partial charge is 0.235 e. The maximum absolute atomic E-state index is 5.50. The van der Waals surface area contributed by atoms with E-state index in [1.165, 1.54) is 55.3 Å². The lowest BCUT2D eigenvalue weighted by atomic mass is 9.70. The Labute approximate surface area is 427 Å². The lowest BCUT2D eigenvalue weighted by Crippen LogP contribution is -2.26. The molecule has 0 radical (unpaired) electrons. The summed E-state index contributed by atoms with van der Waals surface area (Å²) < 4.78 is 4.70. The molecule has 11 aromatic carbocycles. The van der Waals surface area contributed by atoms with Crippen molar-refractivity contribution >= 4 is 71.6 Å². The Morgan fingerprint density at radius 3 is 1.45 bits per heavy atom. The van der Waals surface area contributed by atoms with Crippen LogP contribution < -0.4 is 4.90 Å². The second kappa shape index (κ2) is 15.6. The van der Waals surface area contributed by atoms with E-state index in [0.717, 1.165) is 77.7 Å². The van der Waals surface area contributed by atoms with Gasteiger partial charge in [0, 0.05) is 43.7 Å². The van der Waals surface area contributed by atoms with Gasteiger partial charge in [-0.1, -0.05) is 200 Å². The van der Waals surface area contributed by atoms with Crippen LogP contribution in [0.15, 0.2) is 261 Å². The molecule has 344 valence electrons. The summed E-state index contributed by atoms with van der Waals surface area (Å²) >= 11 is 0. The highest BCUT2D eigenvalue weighted by molar-refractivity contribution is 6.21. The van der Waals surface area contributed by atoms with Crippen LogP contribution in [0, 0.1) is 0 Å². The Hall–Kier alpha value is -9.84. The van der Waals surface area contributed by atoms with Crippen LogP contribution in [0.4, 0.5) is 17.1 Å². The normalized spacial score (nSPS) is 13.0. The van der Waals surface area contributed by atoms with Gasteiger partial charge in [-0.15, -0.1) is 0 Å². The average molecular weight is 942 g/mol. The van der Waals surface area contributed by atoms with E-state index in [4.69, 9.17) is 9.97 Å². The number of rotatable bonds is 6. The van der Waals surface area contributed by atoms with Gasteiger partial charge in [0.05, 0.1) is 55.8 Å². The summed E-state index contributed by atoms with van der Waals surface area (Å²) in [5, 5.41) is 5.60. The van der Waals surface area contributed by atoms with Gasteiger partial charge in [-0.3, -0.25) is 4.57 Å². The summed E-state index contributed by atoms with van der Waals surface area (Å²) in [4.78, 5) is 13.5. The fourth-order valence-electron chi connectivity index (χ4n) is 13.1. The molecule has 0 saturated heterocycles. The minimum Gasteiger partial charge on any atom is -0.309 e. The van der Waals surface area contributed by atoms with Gasteiger partial charge in [0.2, 0.25) is 5.95 Å². The number of hydrogen-bond acceptors (Lipinski definition) is 3. The maximum atomic E-state index is 5.50. The molecule has 1 spiro atoms. The van der Waals surface area contributed by atoms with E-state index >= 15 is 0 Å². The highest BCUT2D eigenvalue weighted by Crippen LogP contribution is 2.65. The predicted octanol–water partition coefficient (Wildman–Crippen LogP) is 17.3. The van der Waals surface area contributed by atoms with E-state index in [2.05, 4.69) is 275 Å². The second-order valence-corrected chi connectivity index (χ2v) is 19.6. The van der Waals surface area contributed by atoms with Gasteiger partial charge in [-0.2, -0.15) is 0 Å².